The molecule has 0 saturated carbocycles. The lowest BCUT2D eigenvalue weighted by atomic mass is 10.1. The number of likely N-dealkylation sites (tertiary alicyclic amines) is 1. The molecule has 1 saturated heterocycles. The Balaban J connectivity index is 1.78. The van der Waals surface area contributed by atoms with Gasteiger partial charge in [0.2, 0.25) is 11.2 Å². The largest absolute Gasteiger partial charge is 0.343 e. The molecule has 0 amide bonds. The lowest BCUT2D eigenvalue weighted by Gasteiger charge is -2.21. The summed E-state index contributed by atoms with van der Waals surface area (Å²) in [4.78, 5) is 20.9. The molecule has 0 bridgehead atoms. The third kappa shape index (κ3) is 3.27. The van der Waals surface area contributed by atoms with Crippen LogP contribution in [0.15, 0.2) is 12.7 Å². The minimum Gasteiger partial charge on any atom is -0.343 e. The van der Waals surface area contributed by atoms with Gasteiger partial charge in [-0.25, -0.2) is 4.98 Å². The predicted octanol–water partition coefficient (Wildman–Crippen LogP) is 0.494. The predicted molar refractivity (Wildman–Crippen MR) is 78.6 cm³/mol. The summed E-state index contributed by atoms with van der Waals surface area (Å²) in [6.07, 6.45) is 4.15. The fraction of sp³-hybridized carbons (Fsp3) is 0.583. The molecule has 9 heteroatoms. The van der Waals surface area contributed by atoms with Gasteiger partial charge in [0.25, 0.3) is 5.95 Å². The Labute approximate surface area is 127 Å². The lowest BCUT2D eigenvalue weighted by Crippen LogP contribution is -2.29. The maximum absolute atomic E-state index is 5.99. The number of aromatic nitrogens is 6. The van der Waals surface area contributed by atoms with E-state index in [1.807, 2.05) is 11.9 Å². The standard InChI is InChI=1S/C12H17ClN8/c1-19-4-3-9(5-19)6-20(2)11-16-10(13)17-12(18-11)21-8-14-7-15-21/h7-9H,3-6H2,1-2H3. The fourth-order valence-electron chi connectivity index (χ4n) is 2.56. The Morgan fingerprint density at radius 1 is 1.38 bits per heavy atom. The molecule has 8 nitrogen and oxygen atoms in total. The molecule has 2 aromatic heterocycles. The first kappa shape index (κ1) is 14.2. The van der Waals surface area contributed by atoms with Crippen molar-refractivity contribution in [3.63, 3.8) is 0 Å². The van der Waals surface area contributed by atoms with Crippen LogP contribution in [-0.2, 0) is 0 Å². The fourth-order valence-corrected chi connectivity index (χ4v) is 2.71. The van der Waals surface area contributed by atoms with E-state index in [4.69, 9.17) is 11.6 Å². The molecule has 2 aromatic rings. The van der Waals surface area contributed by atoms with Gasteiger partial charge in [0, 0.05) is 20.1 Å². The van der Waals surface area contributed by atoms with Crippen LogP contribution in [0.2, 0.25) is 5.28 Å². The SMILES string of the molecule is CN1CCC(CN(C)c2nc(Cl)nc(-n3cncn3)n2)C1. The maximum atomic E-state index is 5.99. The highest BCUT2D eigenvalue weighted by atomic mass is 35.5. The van der Waals surface area contributed by atoms with Crippen molar-refractivity contribution in [1.82, 2.24) is 34.6 Å². The zero-order valence-corrected chi connectivity index (χ0v) is 12.8. The van der Waals surface area contributed by atoms with E-state index in [0.29, 0.717) is 17.8 Å². The number of anilines is 1. The van der Waals surface area contributed by atoms with Crippen molar-refractivity contribution in [3.8, 4) is 5.95 Å². The van der Waals surface area contributed by atoms with Crippen LogP contribution in [0.1, 0.15) is 6.42 Å². The molecule has 112 valence electrons. The highest BCUT2D eigenvalue weighted by molar-refractivity contribution is 6.28. The van der Waals surface area contributed by atoms with E-state index in [0.717, 1.165) is 19.6 Å². The van der Waals surface area contributed by atoms with Crippen LogP contribution in [0.4, 0.5) is 5.95 Å². The summed E-state index contributed by atoms with van der Waals surface area (Å²) in [5.74, 6) is 1.54. The summed E-state index contributed by atoms with van der Waals surface area (Å²) < 4.78 is 1.47. The average Bonchev–Trinajstić information content (AvgIpc) is 3.10. The summed E-state index contributed by atoms with van der Waals surface area (Å²) >= 11 is 5.99. The molecule has 1 aliphatic heterocycles. The van der Waals surface area contributed by atoms with Gasteiger partial charge < -0.3 is 9.80 Å². The number of rotatable bonds is 4. The van der Waals surface area contributed by atoms with Crippen molar-refractivity contribution in [3.05, 3.63) is 17.9 Å². The average molecular weight is 309 g/mol. The van der Waals surface area contributed by atoms with Gasteiger partial charge >= 0.3 is 0 Å². The van der Waals surface area contributed by atoms with Gasteiger partial charge in [0.05, 0.1) is 0 Å². The summed E-state index contributed by atoms with van der Waals surface area (Å²) in [7, 11) is 4.11. The van der Waals surface area contributed by atoms with Gasteiger partial charge in [-0.2, -0.15) is 24.7 Å². The molecule has 3 rings (SSSR count). The second kappa shape index (κ2) is 5.90. The van der Waals surface area contributed by atoms with Crippen molar-refractivity contribution in [1.29, 1.82) is 0 Å². The molecule has 0 N–H and O–H groups in total. The number of halogens is 1. The topological polar surface area (TPSA) is 75.9 Å². The van der Waals surface area contributed by atoms with E-state index < -0.39 is 0 Å². The first-order valence-corrected chi connectivity index (χ1v) is 7.16. The molecule has 1 unspecified atom stereocenters. The molecule has 0 aliphatic carbocycles. The molecule has 1 aliphatic rings. The monoisotopic (exact) mass is 308 g/mol. The van der Waals surface area contributed by atoms with Crippen molar-refractivity contribution in [2.45, 2.75) is 6.42 Å². The Kier molecular flexibility index (Phi) is 3.98. The van der Waals surface area contributed by atoms with E-state index in [2.05, 4.69) is 37.0 Å². The Morgan fingerprint density at radius 2 is 2.24 bits per heavy atom. The molecular weight excluding hydrogens is 292 g/mol. The quantitative estimate of drug-likeness (QED) is 0.813. The highest BCUT2D eigenvalue weighted by Gasteiger charge is 2.22. The van der Waals surface area contributed by atoms with Crippen LogP contribution in [0.25, 0.3) is 5.95 Å². The van der Waals surface area contributed by atoms with Crippen LogP contribution in [0.3, 0.4) is 0 Å². The number of nitrogens with zero attached hydrogens (tertiary/aromatic N) is 8. The summed E-state index contributed by atoms with van der Waals surface area (Å²) in [5, 5.41) is 4.16. The smallest absolute Gasteiger partial charge is 0.258 e. The Morgan fingerprint density at radius 3 is 2.90 bits per heavy atom. The molecule has 0 radical (unpaired) electrons. The molecule has 1 atom stereocenters. The van der Waals surface area contributed by atoms with Gasteiger partial charge in [0.15, 0.2) is 0 Å². The molecule has 3 heterocycles. The minimum atomic E-state index is 0.154. The molecule has 1 fully saturated rings. The second-order valence-electron chi connectivity index (χ2n) is 5.34. The maximum Gasteiger partial charge on any atom is 0.258 e. The van der Waals surface area contributed by atoms with E-state index in [1.54, 1.807) is 0 Å². The second-order valence-corrected chi connectivity index (χ2v) is 5.68. The van der Waals surface area contributed by atoms with Crippen LogP contribution >= 0.6 is 11.6 Å². The van der Waals surface area contributed by atoms with E-state index >= 15 is 0 Å². The molecular formula is C12H17ClN8. The van der Waals surface area contributed by atoms with E-state index in [-0.39, 0.29) is 5.28 Å². The first-order valence-electron chi connectivity index (χ1n) is 6.78. The van der Waals surface area contributed by atoms with Crippen LogP contribution in [-0.4, -0.2) is 68.3 Å². The minimum absolute atomic E-state index is 0.154. The summed E-state index contributed by atoms with van der Waals surface area (Å²) in [5.41, 5.74) is 0. The molecule has 21 heavy (non-hydrogen) atoms. The van der Waals surface area contributed by atoms with Gasteiger partial charge in [-0.3, -0.25) is 0 Å². The zero-order chi connectivity index (χ0) is 14.8. The van der Waals surface area contributed by atoms with Crippen LogP contribution in [0.5, 0.6) is 0 Å². The Hall–Kier alpha value is -1.80. The van der Waals surface area contributed by atoms with E-state index in [1.165, 1.54) is 23.8 Å². The van der Waals surface area contributed by atoms with Gasteiger partial charge in [-0.1, -0.05) is 0 Å². The number of hydrogen-bond donors (Lipinski definition) is 0. The van der Waals surface area contributed by atoms with Crippen molar-refractivity contribution < 1.29 is 0 Å². The summed E-state index contributed by atoms with van der Waals surface area (Å²) in [6, 6.07) is 0. The van der Waals surface area contributed by atoms with Crippen LogP contribution < -0.4 is 4.90 Å². The third-order valence-corrected chi connectivity index (χ3v) is 3.74. The first-order chi connectivity index (χ1) is 10.1. The third-order valence-electron chi connectivity index (χ3n) is 3.57. The van der Waals surface area contributed by atoms with Crippen molar-refractivity contribution in [2.75, 3.05) is 38.6 Å². The van der Waals surface area contributed by atoms with Crippen molar-refractivity contribution >= 4 is 17.5 Å². The molecule has 0 aromatic carbocycles. The normalized spacial score (nSPS) is 19.1. The zero-order valence-electron chi connectivity index (χ0n) is 12.0. The van der Waals surface area contributed by atoms with Gasteiger partial charge in [-0.05, 0) is 37.5 Å². The van der Waals surface area contributed by atoms with Gasteiger partial charge in [-0.15, -0.1) is 0 Å². The van der Waals surface area contributed by atoms with Crippen molar-refractivity contribution in [2.24, 2.45) is 5.92 Å². The van der Waals surface area contributed by atoms with Gasteiger partial charge in [0.1, 0.15) is 12.7 Å². The van der Waals surface area contributed by atoms with E-state index in [9.17, 15) is 0 Å². The Bertz CT molecular complexity index is 601. The number of hydrogen-bond acceptors (Lipinski definition) is 7. The lowest BCUT2D eigenvalue weighted by molar-refractivity contribution is 0.395. The highest BCUT2D eigenvalue weighted by Crippen LogP contribution is 2.18. The van der Waals surface area contributed by atoms with Crippen LogP contribution in [0, 0.1) is 5.92 Å². The molecule has 0 spiro atoms. The summed E-state index contributed by atoms with van der Waals surface area (Å²) in [6.45, 7) is 3.13.